The average Bonchev–Trinajstić information content (AvgIpc) is 2.88. The Kier molecular flexibility index (Phi) is 6.18. The number of thiazole rings is 1. The molecule has 2 atom stereocenters. The van der Waals surface area contributed by atoms with Gasteiger partial charge in [-0.3, -0.25) is 0 Å². The van der Waals surface area contributed by atoms with Gasteiger partial charge in [-0.05, 0) is 45.4 Å². The summed E-state index contributed by atoms with van der Waals surface area (Å²) in [6, 6.07) is 1.02. The normalized spacial score (nSPS) is 19.7. The Hall–Kier alpha value is -0.260. The van der Waals surface area contributed by atoms with Crippen molar-refractivity contribution in [1.82, 2.24) is 10.3 Å². The first-order valence-corrected chi connectivity index (χ1v) is 9.83. The third kappa shape index (κ3) is 3.68. The van der Waals surface area contributed by atoms with Gasteiger partial charge in [0.25, 0.3) is 0 Å². The molecule has 0 amide bonds. The number of nitrogens with one attached hydrogen (secondary N) is 1. The lowest BCUT2D eigenvalue weighted by Crippen LogP contribution is -2.31. The molecule has 20 heavy (non-hydrogen) atoms. The summed E-state index contributed by atoms with van der Waals surface area (Å²) in [7, 11) is 2.18. The van der Waals surface area contributed by atoms with Crippen LogP contribution in [0.3, 0.4) is 0 Å². The predicted octanol–water partition coefficient (Wildman–Crippen LogP) is 3.71. The van der Waals surface area contributed by atoms with Gasteiger partial charge in [-0.25, -0.2) is 4.98 Å². The molecular formula is C15H27N3S2. The van der Waals surface area contributed by atoms with Gasteiger partial charge in [-0.1, -0.05) is 6.92 Å². The minimum Gasteiger partial charge on any atom is -0.348 e. The van der Waals surface area contributed by atoms with Gasteiger partial charge in [0.1, 0.15) is 0 Å². The molecule has 0 aromatic carbocycles. The van der Waals surface area contributed by atoms with Crippen molar-refractivity contribution in [3.05, 3.63) is 10.6 Å². The Morgan fingerprint density at radius 2 is 2.35 bits per heavy atom. The van der Waals surface area contributed by atoms with Crippen LogP contribution in [0.15, 0.2) is 0 Å². The largest absolute Gasteiger partial charge is 0.348 e. The number of thioether (sulfide) groups is 1. The molecule has 1 aromatic heterocycles. The van der Waals surface area contributed by atoms with Crippen LogP contribution in [0.4, 0.5) is 5.13 Å². The third-order valence-corrected chi connectivity index (χ3v) is 5.99. The first-order chi connectivity index (χ1) is 9.67. The summed E-state index contributed by atoms with van der Waals surface area (Å²) in [5, 5.41) is 4.85. The third-order valence-electron chi connectivity index (χ3n) is 3.95. The van der Waals surface area contributed by atoms with E-state index in [2.05, 4.69) is 37.4 Å². The highest BCUT2D eigenvalue weighted by molar-refractivity contribution is 7.98. The Balaban J connectivity index is 2.12. The fourth-order valence-corrected chi connectivity index (χ4v) is 4.55. The summed E-state index contributed by atoms with van der Waals surface area (Å²) in [6.45, 7) is 5.60. The van der Waals surface area contributed by atoms with Crippen molar-refractivity contribution >= 4 is 28.2 Å². The smallest absolute Gasteiger partial charge is 0.185 e. The Bertz CT molecular complexity index is 419. The zero-order valence-electron chi connectivity index (χ0n) is 13.1. The van der Waals surface area contributed by atoms with Gasteiger partial charge in [0.2, 0.25) is 0 Å². The average molecular weight is 314 g/mol. The number of fused-ring (bicyclic) bond motifs is 1. The zero-order valence-corrected chi connectivity index (χ0v) is 14.7. The number of aromatic nitrogens is 1. The minimum atomic E-state index is 0.480. The topological polar surface area (TPSA) is 28.2 Å². The van der Waals surface area contributed by atoms with E-state index in [9.17, 15) is 0 Å². The lowest BCUT2D eigenvalue weighted by atomic mass is 9.97. The van der Waals surface area contributed by atoms with Crippen molar-refractivity contribution < 1.29 is 0 Å². The molecule has 1 aromatic rings. The molecule has 0 fully saturated rings. The van der Waals surface area contributed by atoms with Crippen LogP contribution in [0.2, 0.25) is 0 Å². The maximum atomic E-state index is 4.96. The van der Waals surface area contributed by atoms with Gasteiger partial charge >= 0.3 is 0 Å². The molecule has 1 aliphatic carbocycles. The Morgan fingerprint density at radius 3 is 3.05 bits per heavy atom. The summed E-state index contributed by atoms with van der Waals surface area (Å²) in [6.07, 6.45) is 7.10. The number of nitrogens with zero attached hydrogens (tertiary/aromatic N) is 2. The molecule has 0 radical (unpaired) electrons. The van der Waals surface area contributed by atoms with Crippen molar-refractivity contribution in [2.24, 2.45) is 0 Å². The fraction of sp³-hybridized carbons (Fsp3) is 0.800. The molecule has 5 heteroatoms. The van der Waals surface area contributed by atoms with E-state index < -0.39 is 0 Å². The lowest BCUT2D eigenvalue weighted by Gasteiger charge is -2.23. The number of anilines is 1. The second-order valence-corrected chi connectivity index (χ2v) is 7.59. The molecular weight excluding hydrogens is 286 g/mol. The number of rotatable bonds is 7. The highest BCUT2D eigenvalue weighted by Gasteiger charge is 2.25. The zero-order chi connectivity index (χ0) is 14.5. The van der Waals surface area contributed by atoms with Crippen molar-refractivity contribution in [3.63, 3.8) is 0 Å². The summed E-state index contributed by atoms with van der Waals surface area (Å²) in [5.74, 6) is 1.15. The van der Waals surface area contributed by atoms with Crippen LogP contribution in [0.1, 0.15) is 49.7 Å². The Morgan fingerprint density at radius 1 is 1.55 bits per heavy atom. The van der Waals surface area contributed by atoms with E-state index in [0.717, 1.165) is 12.3 Å². The summed E-state index contributed by atoms with van der Waals surface area (Å²) >= 11 is 3.80. The molecule has 114 valence electrons. The second-order valence-electron chi connectivity index (χ2n) is 5.62. The molecule has 1 N–H and O–H groups in total. The van der Waals surface area contributed by atoms with Crippen molar-refractivity contribution in [2.75, 3.05) is 30.5 Å². The maximum Gasteiger partial charge on any atom is 0.185 e. The van der Waals surface area contributed by atoms with Gasteiger partial charge in [0.05, 0.1) is 11.7 Å². The van der Waals surface area contributed by atoms with Crippen LogP contribution in [0.25, 0.3) is 0 Å². The SMILES string of the molecule is CCCNC1CCCc2sc(N(C)C(C)CSC)nc21. The van der Waals surface area contributed by atoms with E-state index in [0.29, 0.717) is 12.1 Å². The minimum absolute atomic E-state index is 0.480. The molecule has 0 aliphatic heterocycles. The van der Waals surface area contributed by atoms with Gasteiger partial charge in [-0.15, -0.1) is 11.3 Å². The monoisotopic (exact) mass is 313 g/mol. The molecule has 2 unspecified atom stereocenters. The van der Waals surface area contributed by atoms with Crippen LogP contribution >= 0.6 is 23.1 Å². The molecule has 0 saturated carbocycles. The highest BCUT2D eigenvalue weighted by Crippen LogP contribution is 2.37. The first kappa shape index (κ1) is 16.1. The van der Waals surface area contributed by atoms with E-state index in [-0.39, 0.29) is 0 Å². The molecule has 3 nitrogen and oxygen atoms in total. The van der Waals surface area contributed by atoms with Crippen molar-refractivity contribution in [1.29, 1.82) is 0 Å². The molecule has 2 rings (SSSR count). The summed E-state index contributed by atoms with van der Waals surface area (Å²) < 4.78 is 0. The van der Waals surface area contributed by atoms with Crippen molar-refractivity contribution in [3.8, 4) is 0 Å². The van der Waals surface area contributed by atoms with E-state index in [1.807, 2.05) is 23.1 Å². The quantitative estimate of drug-likeness (QED) is 0.830. The molecule has 1 aliphatic rings. The van der Waals surface area contributed by atoms with Crippen LogP contribution in [-0.4, -0.2) is 36.6 Å². The van der Waals surface area contributed by atoms with E-state index in [1.165, 1.54) is 41.4 Å². The highest BCUT2D eigenvalue weighted by atomic mass is 32.2. The van der Waals surface area contributed by atoms with Gasteiger partial charge in [0.15, 0.2) is 5.13 Å². The molecule has 0 spiro atoms. The van der Waals surface area contributed by atoms with Gasteiger partial charge in [0, 0.05) is 23.7 Å². The van der Waals surface area contributed by atoms with Crippen LogP contribution in [-0.2, 0) is 6.42 Å². The maximum absolute atomic E-state index is 4.96. The molecule has 0 saturated heterocycles. The molecule has 1 heterocycles. The summed E-state index contributed by atoms with van der Waals surface area (Å²) in [5.41, 5.74) is 1.33. The van der Waals surface area contributed by atoms with E-state index in [1.54, 1.807) is 0 Å². The molecule has 0 bridgehead atoms. The van der Waals surface area contributed by atoms with Crippen molar-refractivity contribution in [2.45, 2.75) is 51.6 Å². The number of hydrogen-bond acceptors (Lipinski definition) is 5. The summed E-state index contributed by atoms with van der Waals surface area (Å²) in [4.78, 5) is 8.81. The van der Waals surface area contributed by atoms with Crippen LogP contribution in [0, 0.1) is 0 Å². The van der Waals surface area contributed by atoms with E-state index >= 15 is 0 Å². The Labute approximate surface area is 131 Å². The standard InChI is InChI=1S/C15H27N3S2/c1-5-9-16-12-7-6-8-13-14(12)17-15(20-13)18(3)11(2)10-19-4/h11-12,16H,5-10H2,1-4H3. The fourth-order valence-electron chi connectivity index (χ4n) is 2.62. The predicted molar refractivity (Wildman–Crippen MR) is 92.3 cm³/mol. The lowest BCUT2D eigenvalue weighted by molar-refractivity contribution is 0.454. The first-order valence-electron chi connectivity index (χ1n) is 7.62. The number of aryl methyl sites for hydroxylation is 1. The second kappa shape index (κ2) is 7.66. The van der Waals surface area contributed by atoms with Gasteiger partial charge in [-0.2, -0.15) is 11.8 Å². The van der Waals surface area contributed by atoms with E-state index in [4.69, 9.17) is 4.98 Å². The number of hydrogen-bond donors (Lipinski definition) is 1. The van der Waals surface area contributed by atoms with Crippen LogP contribution in [0.5, 0.6) is 0 Å². The van der Waals surface area contributed by atoms with Crippen LogP contribution < -0.4 is 10.2 Å². The van der Waals surface area contributed by atoms with Gasteiger partial charge < -0.3 is 10.2 Å².